The molecule has 0 saturated heterocycles. The van der Waals surface area contributed by atoms with Crippen molar-refractivity contribution in [3.05, 3.63) is 51.0 Å². The first-order chi connectivity index (χ1) is 11.0. The molecule has 2 rings (SSSR count). The Kier molecular flexibility index (Phi) is 6.12. The van der Waals surface area contributed by atoms with E-state index in [0.29, 0.717) is 15.3 Å². The van der Waals surface area contributed by atoms with E-state index < -0.39 is 24.4 Å². The molecule has 0 aliphatic heterocycles. The van der Waals surface area contributed by atoms with Gasteiger partial charge in [-0.25, -0.2) is 4.79 Å². The Hall–Kier alpha value is -2.39. The number of carbonyl (C=O) groups excluding carboxylic acids is 3. The van der Waals surface area contributed by atoms with Gasteiger partial charge < -0.3 is 9.15 Å². The number of hydrogen-bond acceptors (Lipinski definition) is 6. The summed E-state index contributed by atoms with van der Waals surface area (Å²) in [5, 5.41) is 1.74. The molecule has 0 atom stereocenters. The van der Waals surface area contributed by atoms with Crippen LogP contribution in [0.2, 0.25) is 0 Å². The van der Waals surface area contributed by atoms with Gasteiger partial charge in [0.25, 0.3) is 11.8 Å². The molecule has 7 nitrogen and oxygen atoms in total. The van der Waals surface area contributed by atoms with Crippen molar-refractivity contribution in [2.45, 2.75) is 0 Å². The molecular formula is C14H11BrN2O5S. The third-order valence-corrected chi connectivity index (χ3v) is 3.68. The number of hydrogen-bond donors (Lipinski definition) is 2. The highest BCUT2D eigenvalue weighted by atomic mass is 79.9. The number of rotatable bonds is 5. The fourth-order valence-corrected chi connectivity index (χ4v) is 2.32. The molecule has 2 aromatic rings. The van der Waals surface area contributed by atoms with Gasteiger partial charge in [-0.3, -0.25) is 20.4 Å². The average molecular weight is 399 g/mol. The normalized spacial score (nSPS) is 10.5. The summed E-state index contributed by atoms with van der Waals surface area (Å²) >= 11 is 4.37. The number of esters is 1. The van der Waals surface area contributed by atoms with E-state index in [0.717, 1.165) is 6.08 Å². The molecule has 0 saturated carbocycles. The van der Waals surface area contributed by atoms with Crippen LogP contribution in [0.3, 0.4) is 0 Å². The molecular weight excluding hydrogens is 388 g/mol. The number of furan rings is 1. The smallest absolute Gasteiger partial charge is 0.331 e. The third kappa shape index (κ3) is 5.72. The summed E-state index contributed by atoms with van der Waals surface area (Å²) in [7, 11) is 0. The number of amides is 2. The second-order valence-electron chi connectivity index (χ2n) is 4.06. The topological polar surface area (TPSA) is 97.6 Å². The first-order valence-corrected chi connectivity index (χ1v) is 7.95. The monoisotopic (exact) mass is 398 g/mol. The Labute approximate surface area is 143 Å². The van der Waals surface area contributed by atoms with Gasteiger partial charge in [0.05, 0.1) is 4.88 Å². The van der Waals surface area contributed by atoms with Crippen molar-refractivity contribution < 1.29 is 23.5 Å². The van der Waals surface area contributed by atoms with Crippen molar-refractivity contribution in [1.29, 1.82) is 0 Å². The van der Waals surface area contributed by atoms with Crippen LogP contribution in [0, 0.1) is 0 Å². The summed E-state index contributed by atoms with van der Waals surface area (Å²) in [5.41, 5.74) is 4.36. The zero-order chi connectivity index (χ0) is 16.7. The summed E-state index contributed by atoms with van der Waals surface area (Å²) in [4.78, 5) is 34.9. The van der Waals surface area contributed by atoms with Crippen molar-refractivity contribution in [1.82, 2.24) is 10.9 Å². The van der Waals surface area contributed by atoms with Gasteiger partial charge in [-0.1, -0.05) is 6.07 Å². The van der Waals surface area contributed by atoms with Crippen LogP contribution in [0.1, 0.15) is 15.4 Å². The zero-order valence-electron chi connectivity index (χ0n) is 11.6. The quantitative estimate of drug-likeness (QED) is 0.456. The maximum Gasteiger partial charge on any atom is 0.331 e. The van der Waals surface area contributed by atoms with E-state index in [2.05, 4.69) is 26.8 Å². The van der Waals surface area contributed by atoms with Crippen molar-refractivity contribution in [2.24, 2.45) is 0 Å². The molecule has 120 valence electrons. The van der Waals surface area contributed by atoms with E-state index in [1.165, 1.54) is 17.4 Å². The zero-order valence-corrected chi connectivity index (χ0v) is 14.0. The second-order valence-corrected chi connectivity index (χ2v) is 5.79. The standard InChI is InChI=1S/C14H11BrN2O5S/c15-11-5-3-9(22-11)4-6-13(19)21-8-12(18)16-17-14(20)10-2-1-7-23-10/h1-7H,8H2,(H,16,18)(H,17,20)/b6-4+. The van der Waals surface area contributed by atoms with Crippen LogP contribution in [-0.2, 0) is 14.3 Å². The minimum Gasteiger partial charge on any atom is -0.452 e. The molecule has 0 spiro atoms. The van der Waals surface area contributed by atoms with Gasteiger partial charge in [0.2, 0.25) is 0 Å². The van der Waals surface area contributed by atoms with E-state index >= 15 is 0 Å². The molecule has 0 fully saturated rings. The number of carbonyl (C=O) groups is 3. The fourth-order valence-electron chi connectivity index (χ4n) is 1.38. The number of nitrogens with one attached hydrogen (secondary N) is 2. The lowest BCUT2D eigenvalue weighted by atomic mass is 10.4. The van der Waals surface area contributed by atoms with E-state index in [1.807, 2.05) is 0 Å². The van der Waals surface area contributed by atoms with Crippen LogP contribution >= 0.6 is 27.3 Å². The maximum absolute atomic E-state index is 11.6. The largest absolute Gasteiger partial charge is 0.452 e. The summed E-state index contributed by atoms with van der Waals surface area (Å²) < 4.78 is 10.4. The highest BCUT2D eigenvalue weighted by Gasteiger charge is 2.09. The van der Waals surface area contributed by atoms with Crippen LogP contribution < -0.4 is 10.9 Å². The van der Waals surface area contributed by atoms with E-state index in [1.54, 1.807) is 29.6 Å². The van der Waals surface area contributed by atoms with Crippen LogP contribution in [0.25, 0.3) is 6.08 Å². The Morgan fingerprint density at radius 3 is 2.74 bits per heavy atom. The van der Waals surface area contributed by atoms with Gasteiger partial charge in [0.15, 0.2) is 11.3 Å². The van der Waals surface area contributed by atoms with Gasteiger partial charge in [-0.05, 0) is 45.6 Å². The van der Waals surface area contributed by atoms with Crippen LogP contribution in [0.15, 0.2) is 44.8 Å². The molecule has 9 heteroatoms. The predicted octanol–water partition coefficient (Wildman–Crippen LogP) is 2.12. The first kappa shape index (κ1) is 17.0. The van der Waals surface area contributed by atoms with Gasteiger partial charge in [-0.15, -0.1) is 11.3 Å². The average Bonchev–Trinajstić information content (AvgIpc) is 3.20. The molecule has 2 heterocycles. The minimum atomic E-state index is -0.711. The Morgan fingerprint density at radius 2 is 2.09 bits per heavy atom. The summed E-state index contributed by atoms with van der Waals surface area (Å²) in [6, 6.07) is 6.66. The van der Waals surface area contributed by atoms with Gasteiger partial charge in [0.1, 0.15) is 5.76 Å². The Bertz CT molecular complexity index is 723. The number of hydrazine groups is 1. The van der Waals surface area contributed by atoms with Crippen molar-refractivity contribution in [3.63, 3.8) is 0 Å². The molecule has 0 radical (unpaired) electrons. The van der Waals surface area contributed by atoms with E-state index in [9.17, 15) is 14.4 Å². The molecule has 0 aliphatic rings. The minimum absolute atomic E-state index is 0.442. The van der Waals surface area contributed by atoms with Gasteiger partial charge >= 0.3 is 5.97 Å². The van der Waals surface area contributed by atoms with Crippen LogP contribution in [0.5, 0.6) is 0 Å². The van der Waals surface area contributed by atoms with Crippen molar-refractivity contribution in [3.8, 4) is 0 Å². The third-order valence-electron chi connectivity index (χ3n) is 2.38. The summed E-state index contributed by atoms with van der Waals surface area (Å²) in [6.07, 6.45) is 2.53. The predicted molar refractivity (Wildman–Crippen MR) is 86.3 cm³/mol. The molecule has 2 aromatic heterocycles. The molecule has 23 heavy (non-hydrogen) atoms. The van der Waals surface area contributed by atoms with Crippen LogP contribution in [0.4, 0.5) is 0 Å². The second kappa shape index (κ2) is 8.30. The lowest BCUT2D eigenvalue weighted by Gasteiger charge is -2.06. The van der Waals surface area contributed by atoms with Crippen LogP contribution in [-0.4, -0.2) is 24.4 Å². The molecule has 2 N–H and O–H groups in total. The molecule has 0 aromatic carbocycles. The number of ether oxygens (including phenoxy) is 1. The van der Waals surface area contributed by atoms with Crippen molar-refractivity contribution >= 4 is 51.1 Å². The molecule has 0 aliphatic carbocycles. The summed E-state index contributed by atoms with van der Waals surface area (Å²) in [5.74, 6) is -1.35. The van der Waals surface area contributed by atoms with Gasteiger partial charge in [0, 0.05) is 6.08 Å². The summed E-state index contributed by atoms with van der Waals surface area (Å²) in [6.45, 7) is -0.518. The Balaban J connectivity index is 1.68. The maximum atomic E-state index is 11.6. The molecule has 0 unspecified atom stereocenters. The number of thiophene rings is 1. The lowest BCUT2D eigenvalue weighted by Crippen LogP contribution is -2.43. The van der Waals surface area contributed by atoms with Crippen molar-refractivity contribution in [2.75, 3.05) is 6.61 Å². The van der Waals surface area contributed by atoms with E-state index in [-0.39, 0.29) is 0 Å². The highest BCUT2D eigenvalue weighted by molar-refractivity contribution is 9.10. The molecule has 2 amide bonds. The van der Waals surface area contributed by atoms with Gasteiger partial charge in [-0.2, -0.15) is 0 Å². The fraction of sp³-hybridized carbons (Fsp3) is 0.0714. The Morgan fingerprint density at radius 1 is 1.26 bits per heavy atom. The highest BCUT2D eigenvalue weighted by Crippen LogP contribution is 2.14. The number of halogens is 1. The lowest BCUT2D eigenvalue weighted by molar-refractivity contribution is -0.144. The molecule has 0 bridgehead atoms. The SMILES string of the molecule is O=C(COC(=O)/C=C/c1ccc(Br)o1)NNC(=O)c1cccs1. The first-order valence-electron chi connectivity index (χ1n) is 6.27. The van der Waals surface area contributed by atoms with E-state index in [4.69, 9.17) is 9.15 Å².